The topological polar surface area (TPSA) is 99.5 Å². The third kappa shape index (κ3) is 4.44. The second kappa shape index (κ2) is 8.61. The van der Waals surface area contributed by atoms with Crippen LogP contribution in [0.1, 0.15) is 32.0 Å². The first kappa shape index (κ1) is 20.6. The highest BCUT2D eigenvalue weighted by atomic mass is 35.5. The van der Waals surface area contributed by atoms with Gasteiger partial charge in [0.05, 0.1) is 17.9 Å². The van der Waals surface area contributed by atoms with Crippen LogP contribution in [0.2, 0.25) is 5.15 Å². The molecule has 1 amide bonds. The van der Waals surface area contributed by atoms with Gasteiger partial charge in [0.15, 0.2) is 19.0 Å². The van der Waals surface area contributed by atoms with Gasteiger partial charge in [-0.05, 0) is 30.7 Å². The summed E-state index contributed by atoms with van der Waals surface area (Å²) in [6.45, 7) is 1.50. The van der Waals surface area contributed by atoms with E-state index in [1.807, 2.05) is 30.3 Å². The molecule has 1 aliphatic heterocycles. The van der Waals surface area contributed by atoms with E-state index in [0.29, 0.717) is 23.7 Å². The van der Waals surface area contributed by atoms with Gasteiger partial charge in [-0.2, -0.15) is 5.10 Å². The quantitative estimate of drug-likeness (QED) is 0.467. The standard InChI is InChI=1S/C22H18ClN3O5/c1-13-20(21(23)26(25-13)10-14-5-3-2-4-6-14)22(29)31-11-17(27)15-7-8-18-16(9-15)24-19(28)12-30-18/h2-9H,10-12H2,1H3,(H,24,28). The number of anilines is 1. The number of Topliss-reactive ketones (excluding diaryl/α,β-unsaturated/α-hetero) is 1. The van der Waals surface area contributed by atoms with E-state index < -0.39 is 18.4 Å². The summed E-state index contributed by atoms with van der Waals surface area (Å²) in [6.07, 6.45) is 0. The van der Waals surface area contributed by atoms with Crippen molar-refractivity contribution in [2.24, 2.45) is 0 Å². The predicted molar refractivity (Wildman–Crippen MR) is 113 cm³/mol. The summed E-state index contributed by atoms with van der Waals surface area (Å²) in [5.74, 6) is -0.992. The molecular weight excluding hydrogens is 422 g/mol. The van der Waals surface area contributed by atoms with E-state index in [1.54, 1.807) is 19.1 Å². The monoisotopic (exact) mass is 439 g/mol. The zero-order chi connectivity index (χ0) is 22.0. The first-order valence-electron chi connectivity index (χ1n) is 9.46. The van der Waals surface area contributed by atoms with Gasteiger partial charge in [-0.25, -0.2) is 9.48 Å². The summed E-state index contributed by atoms with van der Waals surface area (Å²) in [7, 11) is 0. The van der Waals surface area contributed by atoms with Crippen LogP contribution in [-0.2, 0) is 16.1 Å². The second-order valence-electron chi connectivity index (χ2n) is 6.94. The molecule has 0 saturated carbocycles. The van der Waals surface area contributed by atoms with Crippen LogP contribution < -0.4 is 10.1 Å². The van der Waals surface area contributed by atoms with Gasteiger partial charge in [-0.3, -0.25) is 9.59 Å². The number of aryl methyl sites for hydroxylation is 1. The van der Waals surface area contributed by atoms with E-state index >= 15 is 0 Å². The average Bonchev–Trinajstić information content (AvgIpc) is 3.04. The van der Waals surface area contributed by atoms with E-state index in [4.69, 9.17) is 21.1 Å². The number of halogens is 1. The van der Waals surface area contributed by atoms with Gasteiger partial charge in [0.25, 0.3) is 5.91 Å². The highest BCUT2D eigenvalue weighted by Gasteiger charge is 2.23. The third-order valence-electron chi connectivity index (χ3n) is 4.71. The van der Waals surface area contributed by atoms with Crippen molar-refractivity contribution >= 4 is 34.9 Å². The number of amides is 1. The molecule has 31 heavy (non-hydrogen) atoms. The average molecular weight is 440 g/mol. The summed E-state index contributed by atoms with van der Waals surface area (Å²) in [5.41, 5.74) is 2.18. The first-order chi connectivity index (χ1) is 14.9. The molecule has 3 aromatic rings. The number of carbonyl (C=O) groups excluding carboxylic acids is 3. The summed E-state index contributed by atoms with van der Waals surface area (Å²) in [5, 5.41) is 7.09. The second-order valence-corrected chi connectivity index (χ2v) is 7.30. The van der Waals surface area contributed by atoms with Crippen molar-refractivity contribution < 1.29 is 23.9 Å². The number of hydrogen-bond acceptors (Lipinski definition) is 6. The largest absolute Gasteiger partial charge is 0.482 e. The predicted octanol–water partition coefficient (Wildman–Crippen LogP) is 3.26. The number of hydrogen-bond donors (Lipinski definition) is 1. The zero-order valence-electron chi connectivity index (χ0n) is 16.6. The Hall–Kier alpha value is -3.65. The van der Waals surface area contributed by atoms with Crippen molar-refractivity contribution in [1.82, 2.24) is 9.78 Å². The van der Waals surface area contributed by atoms with Gasteiger partial charge >= 0.3 is 5.97 Å². The molecule has 0 fully saturated rings. The lowest BCUT2D eigenvalue weighted by molar-refractivity contribution is -0.118. The maximum absolute atomic E-state index is 12.6. The van der Waals surface area contributed by atoms with Crippen LogP contribution in [-0.4, -0.2) is 40.7 Å². The van der Waals surface area contributed by atoms with E-state index in [2.05, 4.69) is 10.4 Å². The fourth-order valence-electron chi connectivity index (χ4n) is 3.19. The molecule has 0 atom stereocenters. The molecule has 4 rings (SSSR count). The van der Waals surface area contributed by atoms with Crippen LogP contribution in [0.15, 0.2) is 48.5 Å². The molecule has 2 aromatic carbocycles. The highest BCUT2D eigenvalue weighted by molar-refractivity contribution is 6.32. The molecule has 0 radical (unpaired) electrons. The number of ether oxygens (including phenoxy) is 2. The molecule has 0 spiro atoms. The number of aromatic nitrogens is 2. The lowest BCUT2D eigenvalue weighted by Gasteiger charge is -2.18. The van der Waals surface area contributed by atoms with Crippen LogP contribution >= 0.6 is 11.6 Å². The van der Waals surface area contributed by atoms with Crippen LogP contribution in [0.5, 0.6) is 5.75 Å². The number of fused-ring (bicyclic) bond motifs is 1. The first-order valence-corrected chi connectivity index (χ1v) is 9.84. The number of carbonyl (C=O) groups is 3. The highest BCUT2D eigenvalue weighted by Crippen LogP contribution is 2.28. The van der Waals surface area contributed by atoms with Crippen molar-refractivity contribution in [3.05, 3.63) is 76.1 Å². The number of esters is 1. The van der Waals surface area contributed by atoms with Crippen molar-refractivity contribution in [2.45, 2.75) is 13.5 Å². The number of benzene rings is 2. The minimum atomic E-state index is -0.732. The minimum Gasteiger partial charge on any atom is -0.482 e. The Bertz CT molecular complexity index is 1170. The lowest BCUT2D eigenvalue weighted by Crippen LogP contribution is -2.25. The van der Waals surface area contributed by atoms with Crippen molar-refractivity contribution in [2.75, 3.05) is 18.5 Å². The van der Waals surface area contributed by atoms with Crippen LogP contribution in [0, 0.1) is 6.92 Å². The Morgan fingerprint density at radius 2 is 2.00 bits per heavy atom. The third-order valence-corrected chi connectivity index (χ3v) is 5.10. The molecule has 2 heterocycles. The van der Waals surface area contributed by atoms with E-state index in [-0.39, 0.29) is 28.8 Å². The molecule has 158 valence electrons. The molecule has 1 aliphatic rings. The number of rotatable bonds is 6. The van der Waals surface area contributed by atoms with Crippen molar-refractivity contribution in [1.29, 1.82) is 0 Å². The maximum Gasteiger partial charge on any atom is 0.343 e. The van der Waals surface area contributed by atoms with Crippen LogP contribution in [0.3, 0.4) is 0 Å². The van der Waals surface area contributed by atoms with Gasteiger partial charge in [-0.1, -0.05) is 41.9 Å². The molecule has 0 aliphatic carbocycles. The molecule has 0 unspecified atom stereocenters. The zero-order valence-corrected chi connectivity index (χ0v) is 17.3. The lowest BCUT2D eigenvalue weighted by atomic mass is 10.1. The summed E-state index contributed by atoms with van der Waals surface area (Å²) >= 11 is 6.36. The molecule has 0 bridgehead atoms. The fraction of sp³-hybridized carbons (Fsp3) is 0.182. The van der Waals surface area contributed by atoms with Crippen LogP contribution in [0.25, 0.3) is 0 Å². The molecule has 0 saturated heterocycles. The summed E-state index contributed by atoms with van der Waals surface area (Å²) < 4.78 is 12.0. The Kier molecular flexibility index (Phi) is 5.73. The maximum atomic E-state index is 12.6. The fourth-order valence-corrected chi connectivity index (χ4v) is 3.50. The Morgan fingerprint density at radius 1 is 1.23 bits per heavy atom. The minimum absolute atomic E-state index is 0.0734. The Labute approximate surface area is 182 Å². The summed E-state index contributed by atoms with van der Waals surface area (Å²) in [4.78, 5) is 36.5. The van der Waals surface area contributed by atoms with Gasteiger partial charge in [-0.15, -0.1) is 0 Å². The van der Waals surface area contributed by atoms with Gasteiger partial charge < -0.3 is 14.8 Å². The smallest absolute Gasteiger partial charge is 0.343 e. The Balaban J connectivity index is 1.44. The van der Waals surface area contributed by atoms with Crippen molar-refractivity contribution in [3.8, 4) is 5.75 Å². The molecule has 1 N–H and O–H groups in total. The number of nitrogens with zero attached hydrogens (tertiary/aromatic N) is 2. The molecule has 9 heteroatoms. The Morgan fingerprint density at radius 3 is 2.77 bits per heavy atom. The molecular formula is C22H18ClN3O5. The van der Waals surface area contributed by atoms with Crippen LogP contribution in [0.4, 0.5) is 5.69 Å². The van der Waals surface area contributed by atoms with E-state index in [9.17, 15) is 14.4 Å². The van der Waals surface area contributed by atoms with Gasteiger partial charge in [0.1, 0.15) is 16.5 Å². The van der Waals surface area contributed by atoms with Crippen molar-refractivity contribution in [3.63, 3.8) is 0 Å². The van der Waals surface area contributed by atoms with Gasteiger partial charge in [0, 0.05) is 5.56 Å². The van der Waals surface area contributed by atoms with E-state index in [1.165, 1.54) is 10.7 Å². The summed E-state index contributed by atoms with van der Waals surface area (Å²) in [6, 6.07) is 14.2. The molecule has 8 nitrogen and oxygen atoms in total. The molecule has 1 aromatic heterocycles. The number of nitrogens with one attached hydrogen (secondary N) is 1. The van der Waals surface area contributed by atoms with E-state index in [0.717, 1.165) is 5.56 Å². The normalized spacial score (nSPS) is 12.5. The number of ketones is 1. The van der Waals surface area contributed by atoms with Gasteiger partial charge in [0.2, 0.25) is 0 Å². The SMILES string of the molecule is Cc1nn(Cc2ccccc2)c(Cl)c1C(=O)OCC(=O)c1ccc2c(c1)NC(=O)CO2.